The molecule has 0 spiro atoms. The first-order valence-electron chi connectivity index (χ1n) is 18.8. The van der Waals surface area contributed by atoms with Crippen LogP contribution in [0.5, 0.6) is 0 Å². The Morgan fingerprint density at radius 2 is 1.16 bits per heavy atom. The summed E-state index contributed by atoms with van der Waals surface area (Å²) in [5.74, 6) is -0.445. The minimum absolute atomic E-state index is 0.0377. The normalized spacial score (nSPS) is 28.8. The lowest BCUT2D eigenvalue weighted by Gasteiger charge is -2.24. The molecule has 3 saturated heterocycles. The van der Waals surface area contributed by atoms with Crippen molar-refractivity contribution < 1.29 is 39.1 Å². The summed E-state index contributed by atoms with van der Waals surface area (Å²) in [6.07, 6.45) is 21.4. The van der Waals surface area contributed by atoms with Crippen molar-refractivity contribution in [1.29, 1.82) is 0 Å². The zero-order valence-corrected chi connectivity index (χ0v) is 28.5. The van der Waals surface area contributed by atoms with E-state index in [1.165, 1.54) is 58.3 Å². The largest absolute Gasteiger partial charge is 0.462 e. The molecule has 0 aromatic heterocycles. The van der Waals surface area contributed by atoms with Gasteiger partial charge in [-0.1, -0.05) is 84.0 Å². The van der Waals surface area contributed by atoms with Crippen LogP contribution in [0.1, 0.15) is 168 Å². The summed E-state index contributed by atoms with van der Waals surface area (Å²) in [5.41, 5.74) is 0. The Labute approximate surface area is 273 Å². The lowest BCUT2D eigenvalue weighted by Crippen LogP contribution is -2.33. The van der Waals surface area contributed by atoms with Crippen molar-refractivity contribution in [3.8, 4) is 0 Å². The number of unbranched alkanes of at least 4 members (excludes halogenated alkanes) is 11. The summed E-state index contributed by atoms with van der Waals surface area (Å²) in [5, 5.41) is 32.2. The van der Waals surface area contributed by atoms with E-state index in [1.807, 2.05) is 0 Å². The van der Waals surface area contributed by atoms with Gasteiger partial charge >= 0.3 is 5.97 Å². The Morgan fingerprint density at radius 1 is 0.667 bits per heavy atom. The highest BCUT2D eigenvalue weighted by Gasteiger charge is 2.36. The Hall–Kier alpha value is -1.06. The van der Waals surface area contributed by atoms with Crippen molar-refractivity contribution >= 4 is 11.8 Å². The van der Waals surface area contributed by atoms with Gasteiger partial charge in [0.25, 0.3) is 0 Å². The third-order valence-corrected chi connectivity index (χ3v) is 10.4. The highest BCUT2D eigenvalue weighted by atomic mass is 16.6. The molecule has 0 amide bonds. The molecule has 3 N–H and O–H groups in total. The van der Waals surface area contributed by atoms with Crippen molar-refractivity contribution in [2.24, 2.45) is 5.92 Å². The minimum Gasteiger partial charge on any atom is -0.462 e. The zero-order chi connectivity index (χ0) is 32.4. The monoisotopic (exact) mass is 638 g/mol. The zero-order valence-electron chi connectivity index (χ0n) is 28.5. The molecule has 8 nitrogen and oxygen atoms in total. The van der Waals surface area contributed by atoms with E-state index >= 15 is 0 Å². The van der Waals surface area contributed by atoms with E-state index in [1.54, 1.807) is 0 Å². The van der Waals surface area contributed by atoms with Crippen molar-refractivity contribution in [2.75, 3.05) is 0 Å². The van der Waals surface area contributed by atoms with Gasteiger partial charge in [-0.2, -0.15) is 0 Å². The molecule has 0 aromatic carbocycles. The maximum Gasteiger partial charge on any atom is 0.309 e. The van der Waals surface area contributed by atoms with Crippen LogP contribution in [-0.4, -0.2) is 75.9 Å². The first kappa shape index (κ1) is 38.4. The fourth-order valence-electron chi connectivity index (χ4n) is 7.56. The number of rotatable bonds is 25. The molecule has 0 aromatic rings. The predicted molar refractivity (Wildman–Crippen MR) is 176 cm³/mol. The van der Waals surface area contributed by atoms with Gasteiger partial charge in [-0.25, -0.2) is 0 Å². The van der Waals surface area contributed by atoms with Crippen molar-refractivity contribution in [1.82, 2.24) is 0 Å². The van der Waals surface area contributed by atoms with E-state index in [0.29, 0.717) is 25.7 Å². The van der Waals surface area contributed by atoms with Gasteiger partial charge < -0.3 is 34.3 Å². The van der Waals surface area contributed by atoms with Gasteiger partial charge in [0.15, 0.2) is 0 Å². The molecule has 3 aliphatic rings. The lowest BCUT2D eigenvalue weighted by molar-refractivity contribution is -0.145. The molecular formula is C37H66O8. The van der Waals surface area contributed by atoms with E-state index in [-0.39, 0.29) is 48.2 Å². The lowest BCUT2D eigenvalue weighted by atomic mass is 9.96. The molecule has 3 heterocycles. The molecule has 8 heteroatoms. The quantitative estimate of drug-likeness (QED) is 0.0714. The second-order valence-electron chi connectivity index (χ2n) is 14.4. The number of carbonyl (C=O) groups excluding carboxylic acids is 2. The van der Waals surface area contributed by atoms with E-state index in [9.17, 15) is 24.9 Å². The maximum absolute atomic E-state index is 11.9. The van der Waals surface area contributed by atoms with Crippen LogP contribution in [-0.2, 0) is 23.8 Å². The molecule has 0 radical (unpaired) electrons. The van der Waals surface area contributed by atoms with Gasteiger partial charge in [0.05, 0.1) is 48.6 Å². The number of hydrogen-bond acceptors (Lipinski definition) is 8. The van der Waals surface area contributed by atoms with E-state index < -0.39 is 18.3 Å². The molecular weight excluding hydrogens is 572 g/mol. The third-order valence-electron chi connectivity index (χ3n) is 10.4. The standard InChI is InChI=1S/C37H66O8/c1-3-4-5-6-7-8-9-10-11-15-18-31(39)35-23-24-36(45-35)33(41)21-20-32(40)34-22-19-29(43-34)16-13-12-14-17-30-26-28(25-27(2)38)37(42)44-30/h28-36,39-41H,3-26H2,1-2H3/t28-,29+,30+,31?,32-,33+,34?,35?,36+/m0/s1. The Balaban J connectivity index is 1.18. The Morgan fingerprint density at radius 3 is 1.76 bits per heavy atom. The van der Waals surface area contributed by atoms with Crippen molar-refractivity contribution in [2.45, 2.75) is 217 Å². The summed E-state index contributed by atoms with van der Waals surface area (Å²) in [6, 6.07) is 0. The first-order valence-corrected chi connectivity index (χ1v) is 18.8. The summed E-state index contributed by atoms with van der Waals surface area (Å²) in [4.78, 5) is 23.2. The number of esters is 1. The van der Waals surface area contributed by atoms with Gasteiger partial charge in [0.2, 0.25) is 0 Å². The minimum atomic E-state index is -0.636. The molecule has 0 bridgehead atoms. The van der Waals surface area contributed by atoms with Crippen LogP contribution in [0.4, 0.5) is 0 Å². The summed E-state index contributed by atoms with van der Waals surface area (Å²) in [6.45, 7) is 3.77. The molecule has 45 heavy (non-hydrogen) atoms. The molecule has 3 rings (SSSR count). The highest BCUT2D eigenvalue weighted by molar-refractivity contribution is 5.83. The third kappa shape index (κ3) is 14.7. The molecule has 9 atom stereocenters. The molecule has 3 aliphatic heterocycles. The predicted octanol–water partition coefficient (Wildman–Crippen LogP) is 7.12. The summed E-state index contributed by atoms with van der Waals surface area (Å²) >= 11 is 0. The van der Waals surface area contributed by atoms with Crippen LogP contribution in [0.3, 0.4) is 0 Å². The van der Waals surface area contributed by atoms with Gasteiger partial charge in [0.1, 0.15) is 11.9 Å². The van der Waals surface area contributed by atoms with Gasteiger partial charge in [-0.15, -0.1) is 0 Å². The summed E-state index contributed by atoms with van der Waals surface area (Å²) < 4.78 is 17.7. The topological polar surface area (TPSA) is 123 Å². The van der Waals surface area contributed by atoms with Crippen molar-refractivity contribution in [3.63, 3.8) is 0 Å². The SMILES string of the molecule is CCCCCCCCCCCCC(O)C1CC[C@H]([C@H](O)CC[C@H](O)C2CC[C@@H](CCCCC[C@@H]3C[C@H](CC(C)=O)C(=O)O3)O2)O1. The molecule has 262 valence electrons. The molecule has 0 saturated carbocycles. The number of aliphatic hydroxyl groups excluding tert-OH is 3. The maximum atomic E-state index is 11.9. The second-order valence-corrected chi connectivity index (χ2v) is 14.4. The van der Waals surface area contributed by atoms with Gasteiger partial charge in [-0.3, -0.25) is 4.79 Å². The van der Waals surface area contributed by atoms with E-state index in [2.05, 4.69) is 6.92 Å². The number of hydrogen-bond donors (Lipinski definition) is 3. The molecule has 3 fully saturated rings. The van der Waals surface area contributed by atoms with Crippen LogP contribution in [0.15, 0.2) is 0 Å². The van der Waals surface area contributed by atoms with Gasteiger partial charge in [0, 0.05) is 6.42 Å². The van der Waals surface area contributed by atoms with Crippen molar-refractivity contribution in [3.05, 3.63) is 0 Å². The van der Waals surface area contributed by atoms with Crippen LogP contribution in [0, 0.1) is 5.92 Å². The number of Topliss-reactive ketones (excluding diaryl/α,β-unsaturated/α-hetero) is 1. The molecule has 3 unspecified atom stereocenters. The number of ether oxygens (including phenoxy) is 3. The molecule has 0 aliphatic carbocycles. The smallest absolute Gasteiger partial charge is 0.309 e. The second kappa shape index (κ2) is 21.7. The van der Waals surface area contributed by atoms with Crippen LogP contribution < -0.4 is 0 Å². The Kier molecular flexibility index (Phi) is 18.5. The van der Waals surface area contributed by atoms with Crippen LogP contribution >= 0.6 is 0 Å². The fraction of sp³-hybridized carbons (Fsp3) is 0.946. The number of aliphatic hydroxyl groups is 3. The average Bonchev–Trinajstić information content (AvgIpc) is 3.77. The Bertz CT molecular complexity index is 820. The van der Waals surface area contributed by atoms with E-state index in [4.69, 9.17) is 14.2 Å². The van der Waals surface area contributed by atoms with Crippen LogP contribution in [0.2, 0.25) is 0 Å². The number of cyclic esters (lactones) is 1. The average molecular weight is 639 g/mol. The van der Waals surface area contributed by atoms with E-state index in [0.717, 1.165) is 77.0 Å². The van der Waals surface area contributed by atoms with Crippen LogP contribution in [0.25, 0.3) is 0 Å². The number of carbonyl (C=O) groups is 2. The number of ketones is 1. The summed E-state index contributed by atoms with van der Waals surface area (Å²) in [7, 11) is 0. The van der Waals surface area contributed by atoms with Gasteiger partial charge in [-0.05, 0) is 77.6 Å². The highest BCUT2D eigenvalue weighted by Crippen LogP contribution is 2.32. The first-order chi connectivity index (χ1) is 21.8. The fourth-order valence-corrected chi connectivity index (χ4v) is 7.56.